The van der Waals surface area contributed by atoms with Gasteiger partial charge in [-0.15, -0.1) is 0 Å². The number of alkyl halides is 2. The fraction of sp³-hybridized carbons (Fsp3) is 0.517. The van der Waals surface area contributed by atoms with Gasteiger partial charge in [-0.25, -0.2) is 18.4 Å². The SMILES string of the molecule is CC(C)(C)NC(=O)c1cn(COCC[Si](C)(C)C)c2ncc(-c3nn(CCCS(C)(=O)=O)c4ccc(OC(F)F)cc34)nc12. The van der Waals surface area contributed by atoms with Gasteiger partial charge in [0.05, 0.1) is 23.0 Å². The summed E-state index contributed by atoms with van der Waals surface area (Å²) in [4.78, 5) is 22.8. The van der Waals surface area contributed by atoms with E-state index in [0.717, 1.165) is 12.3 Å². The Kier molecular flexibility index (Phi) is 9.80. The van der Waals surface area contributed by atoms with Crippen molar-refractivity contribution in [2.24, 2.45) is 0 Å². The molecule has 0 aliphatic carbocycles. The molecule has 4 aromatic rings. The molecule has 0 spiro atoms. The zero-order valence-corrected chi connectivity index (χ0v) is 28.0. The van der Waals surface area contributed by atoms with Crippen molar-refractivity contribution in [3.05, 3.63) is 36.2 Å². The Balaban J connectivity index is 1.80. The van der Waals surface area contributed by atoms with E-state index in [0.29, 0.717) is 52.0 Å². The fourth-order valence-electron chi connectivity index (χ4n) is 4.55. The van der Waals surface area contributed by atoms with Gasteiger partial charge in [-0.3, -0.25) is 9.48 Å². The van der Waals surface area contributed by atoms with Crippen molar-refractivity contribution in [1.29, 1.82) is 0 Å². The number of aryl methyl sites for hydroxylation is 1. The molecule has 0 radical (unpaired) electrons. The summed E-state index contributed by atoms with van der Waals surface area (Å²) in [7, 11) is -4.49. The number of halogens is 2. The molecule has 0 saturated carbocycles. The molecular formula is C29H40F2N6O5SSi. The van der Waals surface area contributed by atoms with E-state index in [-0.39, 0.29) is 30.7 Å². The average Bonchev–Trinajstić information content (AvgIpc) is 3.42. The molecule has 11 nitrogen and oxygen atoms in total. The molecule has 0 atom stereocenters. The van der Waals surface area contributed by atoms with Crippen LogP contribution in [-0.2, 0) is 27.8 Å². The van der Waals surface area contributed by atoms with Crippen molar-refractivity contribution < 1.29 is 31.5 Å². The van der Waals surface area contributed by atoms with E-state index in [1.165, 1.54) is 18.3 Å². The molecule has 3 aromatic heterocycles. The number of aromatic nitrogens is 5. The third kappa shape index (κ3) is 8.82. The molecule has 44 heavy (non-hydrogen) atoms. The third-order valence-electron chi connectivity index (χ3n) is 6.60. The number of nitrogens with zero attached hydrogens (tertiary/aromatic N) is 5. The highest BCUT2D eigenvalue weighted by Gasteiger charge is 2.24. The Bertz CT molecular complexity index is 1760. The second kappa shape index (κ2) is 12.9. The maximum atomic E-state index is 13.4. The summed E-state index contributed by atoms with van der Waals surface area (Å²) in [5, 5.41) is 8.11. The Morgan fingerprint density at radius 2 is 1.91 bits per heavy atom. The topological polar surface area (TPSA) is 130 Å². The number of hydrogen-bond acceptors (Lipinski definition) is 8. The molecular weight excluding hydrogens is 611 g/mol. The smallest absolute Gasteiger partial charge is 0.387 e. The predicted molar refractivity (Wildman–Crippen MR) is 169 cm³/mol. The number of nitrogens with one attached hydrogen (secondary N) is 1. The lowest BCUT2D eigenvalue weighted by Gasteiger charge is -2.20. The van der Waals surface area contributed by atoms with Gasteiger partial charge in [0.15, 0.2) is 5.65 Å². The number of ether oxygens (including phenoxy) is 2. The molecule has 0 unspecified atom stereocenters. The fourth-order valence-corrected chi connectivity index (χ4v) is 5.96. The molecule has 0 aliphatic heterocycles. The highest BCUT2D eigenvalue weighted by Crippen LogP contribution is 2.32. The van der Waals surface area contributed by atoms with Gasteiger partial charge < -0.3 is 19.4 Å². The molecule has 1 aromatic carbocycles. The number of rotatable bonds is 13. The second-order valence-corrected chi connectivity index (χ2v) is 21.0. The Hall–Kier alpha value is -3.43. The standard InChI is InChI=1S/C29H40F2N6O5SSi/c1-29(2,3)34-27(38)21-17-36(18-41-12-14-44(5,6)7)26-25(21)33-22(16-32-26)24-20-15-19(42-28(30)31)9-10-23(20)37(35-24)11-8-13-43(4,39)40/h9-10,15-17,28H,8,11-14,18H2,1-7H3,(H,34,38). The summed E-state index contributed by atoms with van der Waals surface area (Å²) >= 11 is 0. The minimum Gasteiger partial charge on any atom is -0.435 e. The van der Waals surface area contributed by atoms with Crippen molar-refractivity contribution in [1.82, 2.24) is 29.6 Å². The summed E-state index contributed by atoms with van der Waals surface area (Å²) in [6, 6.07) is 5.41. The molecule has 4 rings (SSSR count). The molecule has 1 N–H and O–H groups in total. The number of benzene rings is 1. The van der Waals surface area contributed by atoms with Crippen LogP contribution in [0.15, 0.2) is 30.6 Å². The van der Waals surface area contributed by atoms with E-state index in [9.17, 15) is 22.0 Å². The van der Waals surface area contributed by atoms with Crippen LogP contribution in [-0.4, -0.2) is 77.5 Å². The van der Waals surface area contributed by atoms with Crippen LogP contribution in [0, 0.1) is 0 Å². The molecule has 3 heterocycles. The minimum absolute atomic E-state index is 0.0399. The van der Waals surface area contributed by atoms with Gasteiger partial charge >= 0.3 is 6.61 Å². The van der Waals surface area contributed by atoms with Crippen molar-refractivity contribution in [3.63, 3.8) is 0 Å². The number of fused-ring (bicyclic) bond motifs is 2. The number of hydrogen-bond donors (Lipinski definition) is 1. The van der Waals surface area contributed by atoms with E-state index in [1.807, 2.05) is 20.8 Å². The van der Waals surface area contributed by atoms with Crippen LogP contribution in [0.5, 0.6) is 5.75 Å². The van der Waals surface area contributed by atoms with Crippen molar-refractivity contribution in [2.75, 3.05) is 18.6 Å². The first-order valence-corrected chi connectivity index (χ1v) is 20.1. The maximum absolute atomic E-state index is 13.4. The lowest BCUT2D eigenvalue weighted by atomic mass is 10.1. The van der Waals surface area contributed by atoms with Gasteiger partial charge in [0, 0.05) is 44.6 Å². The summed E-state index contributed by atoms with van der Waals surface area (Å²) in [6.07, 6.45) is 4.64. The van der Waals surface area contributed by atoms with Gasteiger partial charge in [0.1, 0.15) is 39.2 Å². The average molecular weight is 651 g/mol. The van der Waals surface area contributed by atoms with E-state index in [2.05, 4.69) is 39.8 Å². The maximum Gasteiger partial charge on any atom is 0.387 e. The van der Waals surface area contributed by atoms with Gasteiger partial charge in [0.25, 0.3) is 5.91 Å². The third-order valence-corrected chi connectivity index (χ3v) is 9.33. The lowest BCUT2D eigenvalue weighted by Crippen LogP contribution is -2.40. The first-order chi connectivity index (χ1) is 20.4. The molecule has 0 fully saturated rings. The van der Waals surface area contributed by atoms with Crippen LogP contribution in [0.4, 0.5) is 8.78 Å². The van der Waals surface area contributed by atoms with Crippen LogP contribution < -0.4 is 10.1 Å². The first kappa shape index (κ1) is 33.5. The monoisotopic (exact) mass is 650 g/mol. The molecule has 1 amide bonds. The van der Waals surface area contributed by atoms with Gasteiger partial charge in [-0.1, -0.05) is 19.6 Å². The van der Waals surface area contributed by atoms with Crippen molar-refractivity contribution in [3.8, 4) is 17.1 Å². The Morgan fingerprint density at radius 1 is 1.18 bits per heavy atom. The number of carbonyl (C=O) groups is 1. The van der Waals surface area contributed by atoms with Gasteiger partial charge in [-0.05, 0) is 51.4 Å². The van der Waals surface area contributed by atoms with E-state index in [1.54, 1.807) is 21.5 Å². The van der Waals surface area contributed by atoms with E-state index < -0.39 is 30.1 Å². The number of carbonyl (C=O) groups excluding carboxylic acids is 1. The lowest BCUT2D eigenvalue weighted by molar-refractivity contribution is -0.0497. The Morgan fingerprint density at radius 3 is 2.55 bits per heavy atom. The van der Waals surface area contributed by atoms with Crippen molar-refractivity contribution in [2.45, 2.75) is 78.3 Å². The molecule has 0 bridgehead atoms. The highest BCUT2D eigenvalue weighted by atomic mass is 32.2. The quantitative estimate of drug-likeness (QED) is 0.152. The second-order valence-electron chi connectivity index (χ2n) is 13.1. The normalized spacial score (nSPS) is 12.9. The molecule has 0 aliphatic rings. The van der Waals surface area contributed by atoms with E-state index in [4.69, 9.17) is 9.72 Å². The minimum atomic E-state index is -3.19. The van der Waals surface area contributed by atoms with Crippen LogP contribution >= 0.6 is 0 Å². The van der Waals surface area contributed by atoms with E-state index >= 15 is 0 Å². The largest absolute Gasteiger partial charge is 0.435 e. The summed E-state index contributed by atoms with van der Waals surface area (Å²) in [6.45, 7) is 10.4. The van der Waals surface area contributed by atoms with Gasteiger partial charge in [-0.2, -0.15) is 13.9 Å². The zero-order chi connectivity index (χ0) is 32.4. The Labute approximate surface area is 256 Å². The predicted octanol–water partition coefficient (Wildman–Crippen LogP) is 5.32. The van der Waals surface area contributed by atoms with Crippen LogP contribution in [0.2, 0.25) is 25.7 Å². The molecule has 240 valence electrons. The van der Waals surface area contributed by atoms with Crippen molar-refractivity contribution >= 4 is 45.9 Å². The summed E-state index contributed by atoms with van der Waals surface area (Å²) in [5.41, 5.74) is 1.78. The van der Waals surface area contributed by atoms with Gasteiger partial charge in [0.2, 0.25) is 0 Å². The zero-order valence-electron chi connectivity index (χ0n) is 26.1. The summed E-state index contributed by atoms with van der Waals surface area (Å²) < 4.78 is 63.4. The molecule has 0 saturated heterocycles. The number of amides is 1. The number of sulfone groups is 1. The molecule has 15 heteroatoms. The van der Waals surface area contributed by atoms with Crippen LogP contribution in [0.1, 0.15) is 37.6 Å². The highest BCUT2D eigenvalue weighted by molar-refractivity contribution is 7.90. The summed E-state index contributed by atoms with van der Waals surface area (Å²) in [5.74, 6) is -0.439. The van der Waals surface area contributed by atoms with Crippen LogP contribution in [0.3, 0.4) is 0 Å². The first-order valence-electron chi connectivity index (χ1n) is 14.3. The van der Waals surface area contributed by atoms with Crippen LogP contribution in [0.25, 0.3) is 33.5 Å².